The van der Waals surface area contributed by atoms with E-state index < -0.39 is 0 Å². The van der Waals surface area contributed by atoms with Crippen LogP contribution in [0.5, 0.6) is 11.5 Å². The van der Waals surface area contributed by atoms with Crippen LogP contribution in [0.1, 0.15) is 77.2 Å². The maximum absolute atomic E-state index is 5.66. The Morgan fingerprint density at radius 1 is 0.826 bits per heavy atom. The third kappa shape index (κ3) is 6.85. The van der Waals surface area contributed by atoms with Gasteiger partial charge in [0.25, 0.3) is 0 Å². The standard InChI is InChI=1S/C21H34O2/c1-3-22-20-15-19(16-21(17-20)23-4-2)14-8-6-5-7-11-18-12-9-10-13-18/h15-18H,3-14H2,1-2H3. The van der Waals surface area contributed by atoms with Gasteiger partial charge in [-0.15, -0.1) is 0 Å². The van der Waals surface area contributed by atoms with Crippen LogP contribution < -0.4 is 9.47 Å². The van der Waals surface area contributed by atoms with Crippen LogP contribution in [0.2, 0.25) is 0 Å². The van der Waals surface area contributed by atoms with E-state index in [2.05, 4.69) is 12.1 Å². The lowest BCUT2D eigenvalue weighted by atomic mass is 9.98. The summed E-state index contributed by atoms with van der Waals surface area (Å²) < 4.78 is 11.3. The van der Waals surface area contributed by atoms with Crippen molar-refractivity contribution in [2.24, 2.45) is 5.92 Å². The van der Waals surface area contributed by atoms with Gasteiger partial charge in [0, 0.05) is 6.07 Å². The molecule has 0 bridgehead atoms. The van der Waals surface area contributed by atoms with Crippen LogP contribution in [-0.2, 0) is 6.42 Å². The summed E-state index contributed by atoms with van der Waals surface area (Å²) in [5, 5.41) is 0. The first kappa shape index (κ1) is 18.2. The molecule has 0 aromatic heterocycles. The molecule has 1 saturated carbocycles. The maximum Gasteiger partial charge on any atom is 0.123 e. The lowest BCUT2D eigenvalue weighted by Crippen LogP contribution is -1.97. The number of unbranched alkanes of at least 4 members (excludes halogenated alkanes) is 3. The van der Waals surface area contributed by atoms with Crippen molar-refractivity contribution in [1.29, 1.82) is 0 Å². The highest BCUT2D eigenvalue weighted by Crippen LogP contribution is 2.29. The molecule has 0 radical (unpaired) electrons. The van der Waals surface area contributed by atoms with Crippen molar-refractivity contribution in [3.63, 3.8) is 0 Å². The molecule has 1 aromatic rings. The largest absolute Gasteiger partial charge is 0.494 e. The third-order valence-electron chi connectivity index (χ3n) is 4.86. The third-order valence-corrected chi connectivity index (χ3v) is 4.86. The monoisotopic (exact) mass is 318 g/mol. The molecule has 130 valence electrons. The SMILES string of the molecule is CCOc1cc(CCCCCCC2CCCC2)cc(OCC)c1. The molecule has 0 amide bonds. The molecule has 0 spiro atoms. The van der Waals surface area contributed by atoms with Crippen molar-refractivity contribution in [2.45, 2.75) is 78.1 Å². The average Bonchev–Trinajstić information content (AvgIpc) is 3.04. The van der Waals surface area contributed by atoms with Gasteiger partial charge in [0.15, 0.2) is 0 Å². The first-order valence-electron chi connectivity index (χ1n) is 9.71. The summed E-state index contributed by atoms with van der Waals surface area (Å²) in [6, 6.07) is 6.34. The number of hydrogen-bond acceptors (Lipinski definition) is 2. The molecule has 1 aliphatic rings. The number of aryl methyl sites for hydroxylation is 1. The van der Waals surface area contributed by atoms with Crippen molar-refractivity contribution in [3.05, 3.63) is 23.8 Å². The summed E-state index contributed by atoms with van der Waals surface area (Å²) in [7, 11) is 0. The van der Waals surface area contributed by atoms with Gasteiger partial charge in [-0.05, 0) is 50.3 Å². The van der Waals surface area contributed by atoms with Gasteiger partial charge in [0.2, 0.25) is 0 Å². The van der Waals surface area contributed by atoms with Crippen LogP contribution in [-0.4, -0.2) is 13.2 Å². The summed E-state index contributed by atoms with van der Waals surface area (Å²) in [5.74, 6) is 2.93. The first-order valence-corrected chi connectivity index (χ1v) is 9.71. The molecule has 0 unspecified atom stereocenters. The highest BCUT2D eigenvalue weighted by molar-refractivity contribution is 5.38. The van der Waals surface area contributed by atoms with E-state index in [0.29, 0.717) is 13.2 Å². The molecule has 0 aliphatic heterocycles. The molecule has 23 heavy (non-hydrogen) atoms. The fourth-order valence-electron chi connectivity index (χ4n) is 3.69. The normalized spacial score (nSPS) is 15.0. The second-order valence-electron chi connectivity index (χ2n) is 6.78. The van der Waals surface area contributed by atoms with Gasteiger partial charge in [0.05, 0.1) is 13.2 Å². The van der Waals surface area contributed by atoms with Gasteiger partial charge < -0.3 is 9.47 Å². The van der Waals surface area contributed by atoms with Crippen molar-refractivity contribution in [3.8, 4) is 11.5 Å². The molecule has 1 fully saturated rings. The molecule has 0 heterocycles. The second-order valence-corrected chi connectivity index (χ2v) is 6.78. The van der Waals surface area contributed by atoms with Crippen LogP contribution in [0, 0.1) is 5.92 Å². The maximum atomic E-state index is 5.66. The Morgan fingerprint density at radius 2 is 1.43 bits per heavy atom. The minimum Gasteiger partial charge on any atom is -0.494 e. The summed E-state index contributed by atoms with van der Waals surface area (Å²) in [6.45, 7) is 5.46. The van der Waals surface area contributed by atoms with Gasteiger partial charge in [-0.1, -0.05) is 51.4 Å². The molecule has 2 rings (SSSR count). The highest BCUT2D eigenvalue weighted by atomic mass is 16.5. The van der Waals surface area contributed by atoms with E-state index in [9.17, 15) is 0 Å². The van der Waals surface area contributed by atoms with Crippen LogP contribution in [0.25, 0.3) is 0 Å². The summed E-state index contributed by atoms with van der Waals surface area (Å²) >= 11 is 0. The van der Waals surface area contributed by atoms with E-state index in [0.717, 1.165) is 23.8 Å². The van der Waals surface area contributed by atoms with E-state index in [1.54, 1.807) is 0 Å². The van der Waals surface area contributed by atoms with Gasteiger partial charge in [-0.3, -0.25) is 0 Å². The van der Waals surface area contributed by atoms with Crippen LogP contribution >= 0.6 is 0 Å². The fourth-order valence-corrected chi connectivity index (χ4v) is 3.69. The lowest BCUT2D eigenvalue weighted by Gasteiger charge is -2.11. The Labute approximate surface area is 142 Å². The zero-order chi connectivity index (χ0) is 16.3. The highest BCUT2D eigenvalue weighted by Gasteiger charge is 2.13. The zero-order valence-corrected chi connectivity index (χ0v) is 15.1. The van der Waals surface area contributed by atoms with E-state index >= 15 is 0 Å². The first-order chi connectivity index (χ1) is 11.3. The van der Waals surface area contributed by atoms with E-state index in [4.69, 9.17) is 9.47 Å². The fraction of sp³-hybridized carbons (Fsp3) is 0.714. The van der Waals surface area contributed by atoms with Crippen molar-refractivity contribution < 1.29 is 9.47 Å². The van der Waals surface area contributed by atoms with Crippen molar-refractivity contribution in [2.75, 3.05) is 13.2 Å². The second kappa shape index (κ2) is 10.6. The summed E-state index contributed by atoms with van der Waals surface area (Å²) in [6.07, 6.45) is 14.0. The Morgan fingerprint density at radius 3 is 2.04 bits per heavy atom. The molecule has 1 aromatic carbocycles. The lowest BCUT2D eigenvalue weighted by molar-refractivity contribution is 0.322. The Bertz CT molecular complexity index is 411. The molecule has 0 atom stereocenters. The van der Waals surface area contributed by atoms with Crippen LogP contribution in [0.4, 0.5) is 0 Å². The van der Waals surface area contributed by atoms with E-state index in [1.165, 1.54) is 63.4 Å². The van der Waals surface area contributed by atoms with Crippen LogP contribution in [0.15, 0.2) is 18.2 Å². The minimum atomic E-state index is 0.705. The quantitative estimate of drug-likeness (QED) is 0.454. The van der Waals surface area contributed by atoms with Crippen LogP contribution in [0.3, 0.4) is 0 Å². The van der Waals surface area contributed by atoms with Crippen molar-refractivity contribution in [1.82, 2.24) is 0 Å². The summed E-state index contributed by atoms with van der Waals surface area (Å²) in [5.41, 5.74) is 1.34. The Hall–Kier alpha value is -1.18. The number of rotatable bonds is 11. The molecule has 0 N–H and O–H groups in total. The zero-order valence-electron chi connectivity index (χ0n) is 15.1. The van der Waals surface area contributed by atoms with E-state index in [-0.39, 0.29) is 0 Å². The molecule has 2 heteroatoms. The van der Waals surface area contributed by atoms with Gasteiger partial charge in [-0.25, -0.2) is 0 Å². The number of hydrogen-bond donors (Lipinski definition) is 0. The summed E-state index contributed by atoms with van der Waals surface area (Å²) in [4.78, 5) is 0. The number of ether oxygens (including phenoxy) is 2. The number of benzene rings is 1. The average molecular weight is 319 g/mol. The topological polar surface area (TPSA) is 18.5 Å². The Kier molecular flexibility index (Phi) is 8.35. The van der Waals surface area contributed by atoms with E-state index in [1.807, 2.05) is 19.9 Å². The van der Waals surface area contributed by atoms with Gasteiger partial charge in [-0.2, -0.15) is 0 Å². The van der Waals surface area contributed by atoms with Gasteiger partial charge in [0.1, 0.15) is 11.5 Å². The smallest absolute Gasteiger partial charge is 0.123 e. The molecule has 2 nitrogen and oxygen atoms in total. The Balaban J connectivity index is 1.68. The molecular weight excluding hydrogens is 284 g/mol. The van der Waals surface area contributed by atoms with Gasteiger partial charge >= 0.3 is 0 Å². The minimum absolute atomic E-state index is 0.705. The van der Waals surface area contributed by atoms with Crippen molar-refractivity contribution >= 4 is 0 Å². The predicted octanol–water partition coefficient (Wildman–Crippen LogP) is 6.17. The molecular formula is C21H34O2. The molecule has 0 saturated heterocycles. The molecule has 1 aliphatic carbocycles. The predicted molar refractivity (Wildman–Crippen MR) is 97.5 cm³/mol.